The highest BCUT2D eigenvalue weighted by Gasteiger charge is 2.45. The Balaban J connectivity index is 2.33. The van der Waals surface area contributed by atoms with Gasteiger partial charge in [-0.05, 0) is 25.0 Å². The topological polar surface area (TPSA) is 54.4 Å². The van der Waals surface area contributed by atoms with Gasteiger partial charge in [0, 0.05) is 0 Å². The molecule has 0 heterocycles. The maximum Gasteiger partial charge on any atom is 0.194 e. The standard InChI is InChI=1S/C12H15BrO3S/c13-11(12(14)8-4-5-9-12)17(15,16)10-6-2-1-3-7-10/h1-3,6-7,11,14H,4-5,8-9H2. The molecule has 0 saturated heterocycles. The fourth-order valence-corrected chi connectivity index (χ4v) is 4.93. The molecule has 1 aromatic carbocycles. The minimum Gasteiger partial charge on any atom is -0.388 e. The summed E-state index contributed by atoms with van der Waals surface area (Å²) in [7, 11) is -3.51. The van der Waals surface area contributed by atoms with Crippen molar-refractivity contribution < 1.29 is 13.5 Å². The average molecular weight is 319 g/mol. The summed E-state index contributed by atoms with van der Waals surface area (Å²) in [4.78, 5) is 0.252. The van der Waals surface area contributed by atoms with Gasteiger partial charge in [-0.2, -0.15) is 0 Å². The Hall–Kier alpha value is -0.390. The molecule has 3 nitrogen and oxygen atoms in total. The van der Waals surface area contributed by atoms with Crippen molar-refractivity contribution in [1.82, 2.24) is 0 Å². The van der Waals surface area contributed by atoms with Gasteiger partial charge < -0.3 is 5.11 Å². The number of halogens is 1. The van der Waals surface area contributed by atoms with Crippen LogP contribution in [0.15, 0.2) is 35.2 Å². The first-order valence-electron chi connectivity index (χ1n) is 5.62. The van der Waals surface area contributed by atoms with E-state index in [4.69, 9.17) is 0 Å². The van der Waals surface area contributed by atoms with Gasteiger partial charge in [-0.25, -0.2) is 8.42 Å². The summed E-state index contributed by atoms with van der Waals surface area (Å²) in [6.07, 6.45) is 2.83. The van der Waals surface area contributed by atoms with E-state index in [-0.39, 0.29) is 4.90 Å². The molecule has 1 fully saturated rings. The van der Waals surface area contributed by atoms with Crippen LogP contribution >= 0.6 is 15.9 Å². The van der Waals surface area contributed by atoms with Crippen molar-refractivity contribution in [2.75, 3.05) is 0 Å². The Morgan fingerprint density at radius 1 is 1.18 bits per heavy atom. The number of rotatable bonds is 3. The van der Waals surface area contributed by atoms with Crippen molar-refractivity contribution in [3.8, 4) is 0 Å². The molecule has 1 saturated carbocycles. The Kier molecular flexibility index (Phi) is 3.61. The van der Waals surface area contributed by atoms with E-state index in [9.17, 15) is 13.5 Å². The monoisotopic (exact) mass is 318 g/mol. The van der Waals surface area contributed by atoms with E-state index in [0.29, 0.717) is 12.8 Å². The van der Waals surface area contributed by atoms with Crippen molar-refractivity contribution in [2.45, 2.75) is 40.3 Å². The highest BCUT2D eigenvalue weighted by atomic mass is 79.9. The Labute approximate surface area is 110 Å². The molecule has 1 aromatic rings. The Bertz CT molecular complexity index is 478. The second-order valence-corrected chi connectivity index (χ2v) is 8.04. The van der Waals surface area contributed by atoms with Crippen molar-refractivity contribution >= 4 is 25.8 Å². The fraction of sp³-hybridized carbons (Fsp3) is 0.500. The molecule has 0 aromatic heterocycles. The van der Waals surface area contributed by atoms with Crippen LogP contribution in [-0.2, 0) is 9.84 Å². The molecule has 1 aliphatic carbocycles. The van der Waals surface area contributed by atoms with Crippen LogP contribution < -0.4 is 0 Å². The second kappa shape index (κ2) is 4.71. The molecule has 1 atom stereocenters. The zero-order chi connectivity index (χ0) is 12.5. The van der Waals surface area contributed by atoms with Gasteiger partial charge in [-0.1, -0.05) is 47.0 Å². The number of hydrogen-bond acceptors (Lipinski definition) is 3. The van der Waals surface area contributed by atoms with Crippen LogP contribution in [0.3, 0.4) is 0 Å². The molecule has 2 rings (SSSR count). The molecular weight excluding hydrogens is 304 g/mol. The summed E-state index contributed by atoms with van der Waals surface area (Å²) in [5, 5.41) is 10.3. The molecule has 1 aliphatic rings. The van der Waals surface area contributed by atoms with Gasteiger partial charge in [0.05, 0.1) is 10.5 Å². The van der Waals surface area contributed by atoms with Crippen LogP contribution in [0.4, 0.5) is 0 Å². The van der Waals surface area contributed by atoms with Crippen LogP contribution in [0.2, 0.25) is 0 Å². The first kappa shape index (κ1) is 13.1. The summed E-state index contributed by atoms with van der Waals surface area (Å²) < 4.78 is 23.7. The summed E-state index contributed by atoms with van der Waals surface area (Å²) in [6.45, 7) is 0. The van der Waals surface area contributed by atoms with Gasteiger partial charge in [0.25, 0.3) is 0 Å². The van der Waals surface area contributed by atoms with Gasteiger partial charge >= 0.3 is 0 Å². The third-order valence-corrected chi connectivity index (χ3v) is 7.48. The quantitative estimate of drug-likeness (QED) is 0.871. The smallest absolute Gasteiger partial charge is 0.194 e. The molecule has 0 radical (unpaired) electrons. The number of sulfone groups is 1. The number of aliphatic hydroxyl groups is 1. The Morgan fingerprint density at radius 3 is 2.24 bits per heavy atom. The summed E-state index contributed by atoms with van der Waals surface area (Å²) >= 11 is 3.18. The van der Waals surface area contributed by atoms with Crippen LogP contribution in [-0.4, -0.2) is 23.3 Å². The van der Waals surface area contributed by atoms with E-state index >= 15 is 0 Å². The van der Waals surface area contributed by atoms with Gasteiger partial charge in [-0.15, -0.1) is 0 Å². The second-order valence-electron chi connectivity index (χ2n) is 4.48. The maximum atomic E-state index is 12.3. The lowest BCUT2D eigenvalue weighted by Crippen LogP contribution is -2.40. The highest BCUT2D eigenvalue weighted by Crippen LogP contribution is 2.40. The molecule has 5 heteroatoms. The lowest BCUT2D eigenvalue weighted by molar-refractivity contribution is 0.0647. The lowest BCUT2D eigenvalue weighted by Gasteiger charge is -2.27. The SMILES string of the molecule is O=S(=O)(c1ccccc1)C(Br)C1(O)CCCC1. The first-order valence-corrected chi connectivity index (χ1v) is 8.08. The summed E-state index contributed by atoms with van der Waals surface area (Å²) in [6, 6.07) is 8.26. The maximum absolute atomic E-state index is 12.3. The zero-order valence-corrected chi connectivity index (χ0v) is 11.7. The number of alkyl halides is 1. The average Bonchev–Trinajstić information content (AvgIpc) is 2.77. The summed E-state index contributed by atoms with van der Waals surface area (Å²) in [5.41, 5.74) is -1.13. The highest BCUT2D eigenvalue weighted by molar-refractivity contribution is 9.11. The van der Waals surface area contributed by atoms with Crippen molar-refractivity contribution in [2.24, 2.45) is 0 Å². The van der Waals surface area contributed by atoms with Crippen LogP contribution in [0.1, 0.15) is 25.7 Å². The molecule has 0 bridgehead atoms. The third-order valence-electron chi connectivity index (χ3n) is 3.24. The predicted octanol–water partition coefficient (Wildman–Crippen LogP) is 2.49. The van der Waals surface area contributed by atoms with Crippen molar-refractivity contribution in [3.05, 3.63) is 30.3 Å². The lowest BCUT2D eigenvalue weighted by atomic mass is 10.1. The largest absolute Gasteiger partial charge is 0.388 e. The van der Waals surface area contributed by atoms with Gasteiger partial charge in [0.2, 0.25) is 0 Å². The minimum atomic E-state index is -3.51. The van der Waals surface area contributed by atoms with Gasteiger partial charge in [0.15, 0.2) is 9.84 Å². The molecule has 17 heavy (non-hydrogen) atoms. The summed E-state index contributed by atoms with van der Waals surface area (Å²) in [5.74, 6) is 0. The van der Waals surface area contributed by atoms with Crippen LogP contribution in [0.25, 0.3) is 0 Å². The molecule has 1 N–H and O–H groups in total. The van der Waals surface area contributed by atoms with Gasteiger partial charge in [0.1, 0.15) is 4.16 Å². The minimum absolute atomic E-state index is 0.252. The predicted molar refractivity (Wildman–Crippen MR) is 69.8 cm³/mol. The van der Waals surface area contributed by atoms with E-state index in [0.717, 1.165) is 12.8 Å². The molecule has 0 amide bonds. The van der Waals surface area contributed by atoms with E-state index in [1.807, 2.05) is 0 Å². The van der Waals surface area contributed by atoms with Crippen molar-refractivity contribution in [3.63, 3.8) is 0 Å². The van der Waals surface area contributed by atoms with E-state index in [1.54, 1.807) is 30.3 Å². The molecule has 94 valence electrons. The Morgan fingerprint density at radius 2 is 1.71 bits per heavy atom. The molecular formula is C12H15BrO3S. The molecule has 0 aliphatic heterocycles. The first-order chi connectivity index (χ1) is 7.97. The van der Waals surface area contributed by atoms with E-state index < -0.39 is 19.6 Å². The van der Waals surface area contributed by atoms with E-state index in [2.05, 4.69) is 15.9 Å². The van der Waals surface area contributed by atoms with Crippen molar-refractivity contribution in [1.29, 1.82) is 0 Å². The normalized spacial score (nSPS) is 21.3. The third kappa shape index (κ3) is 2.41. The van der Waals surface area contributed by atoms with Crippen LogP contribution in [0, 0.1) is 0 Å². The number of hydrogen-bond donors (Lipinski definition) is 1. The molecule has 1 unspecified atom stereocenters. The fourth-order valence-electron chi connectivity index (χ4n) is 2.23. The molecule has 0 spiro atoms. The number of benzene rings is 1. The van der Waals surface area contributed by atoms with Crippen LogP contribution in [0.5, 0.6) is 0 Å². The van der Waals surface area contributed by atoms with Gasteiger partial charge in [-0.3, -0.25) is 0 Å². The zero-order valence-electron chi connectivity index (χ0n) is 9.34. The van der Waals surface area contributed by atoms with E-state index in [1.165, 1.54) is 0 Å².